The Bertz CT molecular complexity index is 956. The molecule has 1 saturated heterocycles. The van der Waals surface area contributed by atoms with Gasteiger partial charge in [-0.1, -0.05) is 48.9 Å². The molecule has 0 radical (unpaired) electrons. The lowest BCUT2D eigenvalue weighted by Gasteiger charge is -2.25. The van der Waals surface area contributed by atoms with E-state index in [0.717, 1.165) is 41.0 Å². The van der Waals surface area contributed by atoms with Crippen LogP contribution in [-0.2, 0) is 0 Å². The minimum atomic E-state index is -0.0241. The van der Waals surface area contributed by atoms with Crippen LogP contribution in [0.15, 0.2) is 75.2 Å². The summed E-state index contributed by atoms with van der Waals surface area (Å²) in [5, 5.41) is 5.12. The normalized spacial score (nSPS) is 18.8. The van der Waals surface area contributed by atoms with Crippen molar-refractivity contribution in [3.05, 3.63) is 77.8 Å². The molecule has 3 aromatic rings. The van der Waals surface area contributed by atoms with E-state index in [4.69, 9.17) is 16.6 Å². The summed E-state index contributed by atoms with van der Waals surface area (Å²) in [5.41, 5.74) is 2.23. The number of rotatable bonds is 7. The predicted octanol–water partition coefficient (Wildman–Crippen LogP) is 5.91. The summed E-state index contributed by atoms with van der Waals surface area (Å²) < 4.78 is 6.31. The zero-order chi connectivity index (χ0) is 20.2. The highest BCUT2D eigenvalue weighted by Crippen LogP contribution is 2.41. The molecule has 29 heavy (non-hydrogen) atoms. The van der Waals surface area contributed by atoms with Crippen LogP contribution in [0.2, 0.25) is 0 Å². The Kier molecular flexibility index (Phi) is 6.21. The van der Waals surface area contributed by atoms with Crippen LogP contribution < -0.4 is 5.32 Å². The molecular weight excluding hydrogens is 398 g/mol. The Labute approximate surface area is 181 Å². The van der Waals surface area contributed by atoms with Gasteiger partial charge in [-0.2, -0.15) is 0 Å². The van der Waals surface area contributed by atoms with Crippen molar-refractivity contribution < 1.29 is 4.42 Å². The van der Waals surface area contributed by atoms with Crippen molar-refractivity contribution in [3.8, 4) is 0 Å². The van der Waals surface area contributed by atoms with E-state index in [1.54, 1.807) is 11.8 Å². The van der Waals surface area contributed by atoms with E-state index >= 15 is 0 Å². The van der Waals surface area contributed by atoms with Gasteiger partial charge in [-0.05, 0) is 62.0 Å². The molecule has 0 aliphatic carbocycles. The van der Waals surface area contributed by atoms with Gasteiger partial charge in [-0.3, -0.25) is 4.98 Å². The molecule has 3 heterocycles. The van der Waals surface area contributed by atoms with Crippen molar-refractivity contribution in [2.75, 3.05) is 6.54 Å². The van der Waals surface area contributed by atoms with Gasteiger partial charge < -0.3 is 14.6 Å². The van der Waals surface area contributed by atoms with Gasteiger partial charge >= 0.3 is 0 Å². The van der Waals surface area contributed by atoms with Crippen LogP contribution in [0.4, 0.5) is 0 Å². The number of nitrogens with zero attached hydrogens (tertiary/aromatic N) is 2. The maximum absolute atomic E-state index is 6.31. The number of aryl methyl sites for hydroxylation is 1. The summed E-state index contributed by atoms with van der Waals surface area (Å²) >= 11 is 7.31. The summed E-state index contributed by atoms with van der Waals surface area (Å²) in [7, 11) is 0. The number of pyridine rings is 1. The van der Waals surface area contributed by atoms with Gasteiger partial charge in [-0.25, -0.2) is 0 Å². The molecule has 1 N–H and O–H groups in total. The van der Waals surface area contributed by atoms with Gasteiger partial charge in [-0.15, -0.1) is 0 Å². The molecule has 1 aliphatic rings. The molecule has 2 aromatic heterocycles. The molecule has 1 fully saturated rings. The summed E-state index contributed by atoms with van der Waals surface area (Å²) in [6.07, 6.45) is 4.03. The minimum absolute atomic E-state index is 0.00341. The van der Waals surface area contributed by atoms with Crippen LogP contribution in [0.1, 0.15) is 48.9 Å². The third-order valence-corrected chi connectivity index (χ3v) is 6.36. The summed E-state index contributed by atoms with van der Waals surface area (Å²) in [5.74, 6) is 0.915. The first-order chi connectivity index (χ1) is 14.2. The standard InChI is InChI=1S/C23H25N3OS2/c1-3-4-15-26-22(21(25-23(26)28)18-7-5-6-14-24-18)19-12-13-20(27-19)29-17-10-8-16(2)9-11-17/h5-14,21-22H,3-4,15H2,1-2H3,(H,25,28). The number of furan rings is 1. The molecule has 6 heteroatoms. The van der Waals surface area contributed by atoms with Gasteiger partial charge in [0, 0.05) is 17.6 Å². The minimum Gasteiger partial charge on any atom is -0.452 e. The second kappa shape index (κ2) is 9.01. The second-order valence-electron chi connectivity index (χ2n) is 7.25. The monoisotopic (exact) mass is 423 g/mol. The van der Waals surface area contributed by atoms with E-state index in [0.29, 0.717) is 0 Å². The van der Waals surface area contributed by atoms with Gasteiger partial charge in [0.05, 0.1) is 11.7 Å². The molecule has 2 unspecified atom stereocenters. The lowest BCUT2D eigenvalue weighted by atomic mass is 10.0. The lowest BCUT2D eigenvalue weighted by Crippen LogP contribution is -2.30. The largest absolute Gasteiger partial charge is 0.452 e. The highest BCUT2D eigenvalue weighted by Gasteiger charge is 2.41. The molecule has 4 rings (SSSR count). The van der Waals surface area contributed by atoms with E-state index in [1.807, 2.05) is 24.4 Å². The second-order valence-corrected chi connectivity index (χ2v) is 8.71. The maximum Gasteiger partial charge on any atom is 0.170 e. The van der Waals surface area contributed by atoms with E-state index in [9.17, 15) is 0 Å². The van der Waals surface area contributed by atoms with Gasteiger partial charge in [0.15, 0.2) is 10.2 Å². The number of thiocarbonyl (C=S) groups is 1. The van der Waals surface area contributed by atoms with Crippen molar-refractivity contribution in [3.63, 3.8) is 0 Å². The molecule has 0 saturated carbocycles. The van der Waals surface area contributed by atoms with Crippen LogP contribution in [0, 0.1) is 6.92 Å². The predicted molar refractivity (Wildman–Crippen MR) is 121 cm³/mol. The maximum atomic E-state index is 6.31. The van der Waals surface area contributed by atoms with Gasteiger partial charge in [0.1, 0.15) is 11.8 Å². The zero-order valence-corrected chi connectivity index (χ0v) is 18.3. The average Bonchev–Trinajstić information content (AvgIpc) is 3.32. The third-order valence-electron chi connectivity index (χ3n) is 5.08. The smallest absolute Gasteiger partial charge is 0.170 e. The van der Waals surface area contributed by atoms with E-state index in [2.05, 4.69) is 65.4 Å². The van der Waals surface area contributed by atoms with E-state index < -0.39 is 0 Å². The van der Waals surface area contributed by atoms with Crippen molar-refractivity contribution in [1.82, 2.24) is 15.2 Å². The van der Waals surface area contributed by atoms with Crippen molar-refractivity contribution in [2.45, 2.75) is 48.8 Å². The number of hydrogen-bond donors (Lipinski definition) is 1. The molecule has 2 atom stereocenters. The average molecular weight is 424 g/mol. The van der Waals surface area contributed by atoms with Crippen LogP contribution >= 0.6 is 24.0 Å². The first-order valence-electron chi connectivity index (χ1n) is 9.98. The van der Waals surface area contributed by atoms with Crippen molar-refractivity contribution >= 4 is 29.1 Å². The number of nitrogens with one attached hydrogen (secondary N) is 1. The van der Waals surface area contributed by atoms with Crippen LogP contribution in [0.3, 0.4) is 0 Å². The third kappa shape index (κ3) is 4.49. The summed E-state index contributed by atoms with van der Waals surface area (Å²) in [6, 6.07) is 18.6. The topological polar surface area (TPSA) is 41.3 Å². The van der Waals surface area contributed by atoms with Crippen molar-refractivity contribution in [1.29, 1.82) is 0 Å². The fourth-order valence-electron chi connectivity index (χ4n) is 3.55. The first-order valence-corrected chi connectivity index (χ1v) is 11.2. The molecule has 1 aromatic carbocycles. The SMILES string of the molecule is CCCCN1C(=S)NC(c2ccccn2)C1c1ccc(Sc2ccc(C)cc2)o1. The molecular formula is C23H25N3OS2. The Morgan fingerprint density at radius 1 is 1.14 bits per heavy atom. The van der Waals surface area contributed by atoms with Crippen LogP contribution in [-0.4, -0.2) is 21.5 Å². The zero-order valence-electron chi connectivity index (χ0n) is 16.7. The van der Waals surface area contributed by atoms with Crippen LogP contribution in [0.5, 0.6) is 0 Å². The lowest BCUT2D eigenvalue weighted by molar-refractivity contribution is 0.257. The molecule has 0 spiro atoms. The number of hydrogen-bond acceptors (Lipinski definition) is 4. The summed E-state index contributed by atoms with van der Waals surface area (Å²) in [6.45, 7) is 5.19. The Hall–Kier alpha value is -2.31. The molecule has 4 nitrogen and oxygen atoms in total. The van der Waals surface area contributed by atoms with E-state index in [1.165, 1.54) is 10.5 Å². The quantitative estimate of drug-likeness (QED) is 0.477. The fourth-order valence-corrected chi connectivity index (χ4v) is 4.66. The number of aromatic nitrogens is 1. The first kappa shape index (κ1) is 20.0. The molecule has 0 amide bonds. The number of unbranched alkanes of at least 4 members (excludes halogenated alkanes) is 1. The Morgan fingerprint density at radius 3 is 2.69 bits per heavy atom. The molecule has 0 bridgehead atoms. The summed E-state index contributed by atoms with van der Waals surface area (Å²) in [4.78, 5) is 7.99. The molecule has 150 valence electrons. The fraction of sp³-hybridized carbons (Fsp3) is 0.304. The van der Waals surface area contributed by atoms with Gasteiger partial charge in [0.2, 0.25) is 0 Å². The van der Waals surface area contributed by atoms with E-state index in [-0.39, 0.29) is 12.1 Å². The van der Waals surface area contributed by atoms with Gasteiger partial charge in [0.25, 0.3) is 0 Å². The Morgan fingerprint density at radius 2 is 1.97 bits per heavy atom. The van der Waals surface area contributed by atoms with Crippen molar-refractivity contribution in [2.24, 2.45) is 0 Å². The number of benzene rings is 1. The molecule has 1 aliphatic heterocycles. The van der Waals surface area contributed by atoms with Crippen LogP contribution in [0.25, 0.3) is 0 Å². The Balaban J connectivity index is 1.62. The highest BCUT2D eigenvalue weighted by atomic mass is 32.2. The highest BCUT2D eigenvalue weighted by molar-refractivity contribution is 7.99.